The third-order valence-electron chi connectivity index (χ3n) is 3.16. The highest BCUT2D eigenvalue weighted by atomic mass is 35.5. The Kier molecular flexibility index (Phi) is 4.65. The maximum absolute atomic E-state index is 12.4. The van der Waals surface area contributed by atoms with E-state index in [1.54, 1.807) is 30.3 Å². The topological polar surface area (TPSA) is 66.4 Å². The van der Waals surface area contributed by atoms with Gasteiger partial charge in [-0.2, -0.15) is 0 Å². The van der Waals surface area contributed by atoms with Gasteiger partial charge in [0, 0.05) is 21.8 Å². The van der Waals surface area contributed by atoms with E-state index < -0.39 is 16.1 Å². The minimum absolute atomic E-state index is 0.171. The summed E-state index contributed by atoms with van der Waals surface area (Å²) in [6, 6.07) is 9.63. The second-order valence-corrected chi connectivity index (χ2v) is 6.59. The van der Waals surface area contributed by atoms with Gasteiger partial charge in [0.1, 0.15) is 0 Å². The van der Waals surface area contributed by atoms with Gasteiger partial charge in [-0.1, -0.05) is 42.8 Å². The normalized spacial score (nSPS) is 13.6. The molecule has 0 aliphatic rings. The van der Waals surface area contributed by atoms with Crippen LogP contribution in [0.4, 0.5) is 0 Å². The minimum Gasteiger partial charge on any atom is -0.395 e. The molecule has 0 radical (unpaired) electrons. The van der Waals surface area contributed by atoms with Crippen LogP contribution < -0.4 is 4.72 Å². The number of sulfonamides is 1. The van der Waals surface area contributed by atoms with Crippen molar-refractivity contribution in [3.8, 4) is 0 Å². The van der Waals surface area contributed by atoms with Crippen LogP contribution in [0, 0.1) is 0 Å². The zero-order valence-corrected chi connectivity index (χ0v) is 12.6. The second kappa shape index (κ2) is 6.10. The van der Waals surface area contributed by atoms with Crippen molar-refractivity contribution in [2.75, 3.05) is 6.61 Å². The summed E-state index contributed by atoms with van der Waals surface area (Å²) in [5, 5.41) is 10.9. The fourth-order valence-electron chi connectivity index (χ4n) is 2.00. The van der Waals surface area contributed by atoms with Gasteiger partial charge < -0.3 is 5.11 Å². The molecule has 20 heavy (non-hydrogen) atoms. The van der Waals surface area contributed by atoms with Crippen LogP contribution in [0.2, 0.25) is 5.02 Å². The molecule has 0 amide bonds. The molecule has 2 N–H and O–H groups in total. The van der Waals surface area contributed by atoms with Crippen LogP contribution in [0.25, 0.3) is 10.8 Å². The van der Waals surface area contributed by atoms with Crippen molar-refractivity contribution in [3.63, 3.8) is 0 Å². The molecule has 0 aliphatic carbocycles. The van der Waals surface area contributed by atoms with Crippen LogP contribution in [-0.4, -0.2) is 26.2 Å². The van der Waals surface area contributed by atoms with Gasteiger partial charge in [0.2, 0.25) is 10.0 Å². The minimum atomic E-state index is -3.70. The number of hydrogen-bond donors (Lipinski definition) is 2. The van der Waals surface area contributed by atoms with Crippen LogP contribution >= 0.6 is 11.6 Å². The summed E-state index contributed by atoms with van der Waals surface area (Å²) in [6.07, 6.45) is 0.515. The second-order valence-electron chi connectivity index (χ2n) is 4.50. The van der Waals surface area contributed by atoms with Gasteiger partial charge in [-0.3, -0.25) is 0 Å². The van der Waals surface area contributed by atoms with Crippen molar-refractivity contribution in [2.45, 2.75) is 24.3 Å². The van der Waals surface area contributed by atoms with Crippen LogP contribution in [0.15, 0.2) is 41.3 Å². The first kappa shape index (κ1) is 15.3. The highest BCUT2D eigenvalue weighted by molar-refractivity contribution is 7.89. The first-order valence-corrected chi connectivity index (χ1v) is 8.16. The number of nitrogens with one attached hydrogen (secondary N) is 1. The van der Waals surface area contributed by atoms with E-state index in [0.29, 0.717) is 22.2 Å². The number of hydrogen-bond acceptors (Lipinski definition) is 3. The van der Waals surface area contributed by atoms with Crippen molar-refractivity contribution in [3.05, 3.63) is 41.4 Å². The Morgan fingerprint density at radius 1 is 1.20 bits per heavy atom. The average Bonchev–Trinajstić information content (AvgIpc) is 2.45. The number of benzene rings is 2. The van der Waals surface area contributed by atoms with E-state index in [2.05, 4.69) is 4.72 Å². The first-order valence-electron chi connectivity index (χ1n) is 6.30. The predicted molar refractivity (Wildman–Crippen MR) is 80.4 cm³/mol. The lowest BCUT2D eigenvalue weighted by molar-refractivity contribution is 0.254. The van der Waals surface area contributed by atoms with Gasteiger partial charge in [0.05, 0.1) is 11.5 Å². The summed E-state index contributed by atoms with van der Waals surface area (Å²) in [4.78, 5) is 0.171. The van der Waals surface area contributed by atoms with E-state index >= 15 is 0 Å². The highest BCUT2D eigenvalue weighted by Crippen LogP contribution is 2.29. The van der Waals surface area contributed by atoms with Crippen molar-refractivity contribution >= 4 is 32.4 Å². The fraction of sp³-hybridized carbons (Fsp3) is 0.286. The molecule has 0 saturated carbocycles. The quantitative estimate of drug-likeness (QED) is 0.891. The Labute approximate surface area is 123 Å². The Hall–Kier alpha value is -1.14. The van der Waals surface area contributed by atoms with Crippen molar-refractivity contribution < 1.29 is 13.5 Å². The van der Waals surface area contributed by atoms with E-state index in [0.717, 1.165) is 0 Å². The standard InChI is InChI=1S/C14H16ClNO3S/c1-2-10(9-17)16-20(18,19)14-8-7-13(15)11-5-3-4-6-12(11)14/h3-8,10,16-17H,2,9H2,1H3/t10-/m1/s1. The van der Waals surface area contributed by atoms with E-state index in [1.807, 2.05) is 6.92 Å². The largest absolute Gasteiger partial charge is 0.395 e. The molecule has 0 bridgehead atoms. The summed E-state index contributed by atoms with van der Waals surface area (Å²) in [6.45, 7) is 1.57. The van der Waals surface area contributed by atoms with Gasteiger partial charge >= 0.3 is 0 Å². The molecule has 2 aromatic rings. The lowest BCUT2D eigenvalue weighted by Crippen LogP contribution is -2.36. The monoisotopic (exact) mass is 313 g/mol. The SMILES string of the molecule is CC[C@H](CO)NS(=O)(=O)c1ccc(Cl)c2ccccc12. The molecule has 0 aromatic heterocycles. The molecule has 2 aromatic carbocycles. The van der Waals surface area contributed by atoms with E-state index in [4.69, 9.17) is 16.7 Å². The van der Waals surface area contributed by atoms with Crippen LogP contribution in [0.5, 0.6) is 0 Å². The van der Waals surface area contributed by atoms with Gasteiger partial charge in [0.15, 0.2) is 0 Å². The molecule has 0 aliphatic heterocycles. The predicted octanol–water partition coefficient (Wildman–Crippen LogP) is 2.54. The Morgan fingerprint density at radius 2 is 1.85 bits per heavy atom. The molecule has 4 nitrogen and oxygen atoms in total. The molecular weight excluding hydrogens is 298 g/mol. The number of aliphatic hydroxyl groups excluding tert-OH is 1. The van der Waals surface area contributed by atoms with E-state index in [-0.39, 0.29) is 11.5 Å². The Bertz CT molecular complexity index is 711. The number of rotatable bonds is 5. The number of halogens is 1. The van der Waals surface area contributed by atoms with E-state index in [1.165, 1.54) is 6.07 Å². The summed E-state index contributed by atoms with van der Waals surface area (Å²) < 4.78 is 27.3. The summed E-state index contributed by atoms with van der Waals surface area (Å²) >= 11 is 6.08. The van der Waals surface area contributed by atoms with Crippen LogP contribution in [0.1, 0.15) is 13.3 Å². The lowest BCUT2D eigenvalue weighted by atomic mass is 10.1. The molecule has 0 saturated heterocycles. The number of aliphatic hydroxyl groups is 1. The lowest BCUT2D eigenvalue weighted by Gasteiger charge is -2.16. The summed E-state index contributed by atoms with van der Waals surface area (Å²) in [7, 11) is -3.70. The summed E-state index contributed by atoms with van der Waals surface area (Å²) in [5.74, 6) is 0. The summed E-state index contributed by atoms with van der Waals surface area (Å²) in [5.41, 5.74) is 0. The zero-order chi connectivity index (χ0) is 14.8. The average molecular weight is 314 g/mol. The highest BCUT2D eigenvalue weighted by Gasteiger charge is 2.21. The van der Waals surface area contributed by atoms with Crippen molar-refractivity contribution in [2.24, 2.45) is 0 Å². The third kappa shape index (κ3) is 2.96. The molecule has 0 fully saturated rings. The maximum Gasteiger partial charge on any atom is 0.241 e. The fourth-order valence-corrected chi connectivity index (χ4v) is 3.75. The maximum atomic E-state index is 12.4. The molecule has 1 atom stereocenters. The Balaban J connectivity index is 2.55. The van der Waals surface area contributed by atoms with Gasteiger partial charge in [0.25, 0.3) is 0 Å². The molecule has 0 heterocycles. The first-order chi connectivity index (χ1) is 9.49. The van der Waals surface area contributed by atoms with Gasteiger partial charge in [-0.15, -0.1) is 0 Å². The third-order valence-corrected chi connectivity index (χ3v) is 5.06. The number of fused-ring (bicyclic) bond motifs is 1. The van der Waals surface area contributed by atoms with Gasteiger partial charge in [-0.05, 0) is 18.6 Å². The van der Waals surface area contributed by atoms with Crippen molar-refractivity contribution in [1.29, 1.82) is 0 Å². The Morgan fingerprint density at radius 3 is 2.45 bits per heavy atom. The zero-order valence-electron chi connectivity index (χ0n) is 11.0. The molecule has 6 heteroatoms. The van der Waals surface area contributed by atoms with Crippen LogP contribution in [0.3, 0.4) is 0 Å². The van der Waals surface area contributed by atoms with Crippen molar-refractivity contribution in [1.82, 2.24) is 4.72 Å². The molecule has 108 valence electrons. The molecular formula is C14H16ClNO3S. The molecule has 0 unspecified atom stereocenters. The van der Waals surface area contributed by atoms with E-state index in [9.17, 15) is 8.42 Å². The van der Waals surface area contributed by atoms with Gasteiger partial charge in [-0.25, -0.2) is 13.1 Å². The molecule has 0 spiro atoms. The molecule has 2 rings (SSSR count). The van der Waals surface area contributed by atoms with Crippen LogP contribution in [-0.2, 0) is 10.0 Å². The smallest absolute Gasteiger partial charge is 0.241 e.